The van der Waals surface area contributed by atoms with Crippen molar-refractivity contribution >= 4 is 22.7 Å². The molecule has 0 bridgehead atoms. The maximum Gasteiger partial charge on any atom is 0.150 e. The number of phenolic OH excluding ortho intramolecular Hbond substituents is 1. The van der Waals surface area contributed by atoms with Crippen molar-refractivity contribution in [1.29, 1.82) is 0 Å². The fraction of sp³-hybridized carbons (Fsp3) is 0.310. The highest BCUT2D eigenvalue weighted by Crippen LogP contribution is 2.47. The third kappa shape index (κ3) is 4.89. The lowest BCUT2D eigenvalue weighted by Gasteiger charge is -2.41. The standard InChI is InChI=1S/C29H29ClFNO3/c1-18(32-15-20(14-31)16-32)17-34-25-10-5-22(6-11-25)29-28(21-3-7-23(30)8-4-21)19(2)26-13-24(33)9-12-27(26)35-29/h3-13,18,20,29,33H,14-17H2,1-2H3/t18-,29?/m0/s1. The van der Waals surface area contributed by atoms with Crippen LogP contribution in [0.15, 0.2) is 66.7 Å². The zero-order valence-electron chi connectivity index (χ0n) is 19.9. The first-order valence-corrected chi connectivity index (χ1v) is 12.3. The first kappa shape index (κ1) is 23.7. The van der Waals surface area contributed by atoms with Crippen molar-refractivity contribution in [2.45, 2.75) is 26.0 Å². The highest BCUT2D eigenvalue weighted by atomic mass is 35.5. The zero-order chi connectivity index (χ0) is 24.5. The Hall–Kier alpha value is -3.02. The molecule has 5 rings (SSSR count). The number of ether oxygens (including phenoxy) is 2. The Kier molecular flexibility index (Phi) is 6.72. The van der Waals surface area contributed by atoms with Crippen LogP contribution in [-0.2, 0) is 0 Å². The summed E-state index contributed by atoms with van der Waals surface area (Å²) >= 11 is 6.14. The minimum Gasteiger partial charge on any atom is -0.508 e. The van der Waals surface area contributed by atoms with Crippen LogP contribution in [0.5, 0.6) is 17.2 Å². The molecule has 35 heavy (non-hydrogen) atoms. The Morgan fingerprint density at radius 2 is 1.80 bits per heavy atom. The van der Waals surface area contributed by atoms with E-state index in [2.05, 4.69) is 18.7 Å². The Balaban J connectivity index is 1.38. The molecule has 0 amide bonds. The van der Waals surface area contributed by atoms with E-state index in [1.54, 1.807) is 12.1 Å². The van der Waals surface area contributed by atoms with Gasteiger partial charge in [-0.1, -0.05) is 35.9 Å². The van der Waals surface area contributed by atoms with Crippen LogP contribution < -0.4 is 9.47 Å². The van der Waals surface area contributed by atoms with E-state index in [0.29, 0.717) is 11.6 Å². The molecule has 0 aliphatic carbocycles. The number of fused-ring (bicyclic) bond motifs is 1. The summed E-state index contributed by atoms with van der Waals surface area (Å²) in [6.07, 6.45) is -0.320. The smallest absolute Gasteiger partial charge is 0.150 e. The Bertz CT molecular complexity index is 1220. The minimum absolute atomic E-state index is 0.174. The molecule has 1 N–H and O–H groups in total. The van der Waals surface area contributed by atoms with Gasteiger partial charge in [-0.2, -0.15) is 0 Å². The van der Waals surface area contributed by atoms with Gasteiger partial charge in [0.1, 0.15) is 30.0 Å². The molecule has 0 aromatic heterocycles. The second-order valence-electron chi connectivity index (χ2n) is 9.43. The van der Waals surface area contributed by atoms with Gasteiger partial charge >= 0.3 is 0 Å². The maximum absolute atomic E-state index is 12.7. The van der Waals surface area contributed by atoms with Gasteiger partial charge in [0, 0.05) is 41.2 Å². The molecule has 0 radical (unpaired) electrons. The number of nitrogens with zero attached hydrogens (tertiary/aromatic N) is 1. The van der Waals surface area contributed by atoms with Crippen LogP contribution >= 0.6 is 11.6 Å². The van der Waals surface area contributed by atoms with Gasteiger partial charge in [-0.25, -0.2) is 0 Å². The monoisotopic (exact) mass is 493 g/mol. The summed E-state index contributed by atoms with van der Waals surface area (Å²) in [4.78, 5) is 2.25. The van der Waals surface area contributed by atoms with Crippen LogP contribution in [0.1, 0.15) is 36.6 Å². The number of benzene rings is 3. The van der Waals surface area contributed by atoms with Gasteiger partial charge in [0.15, 0.2) is 0 Å². The van der Waals surface area contributed by atoms with Crippen LogP contribution in [0.25, 0.3) is 11.1 Å². The van der Waals surface area contributed by atoms with Crippen molar-refractivity contribution in [3.8, 4) is 17.2 Å². The van der Waals surface area contributed by atoms with Crippen LogP contribution in [0, 0.1) is 5.92 Å². The van der Waals surface area contributed by atoms with Gasteiger partial charge in [0.2, 0.25) is 0 Å². The molecule has 2 aliphatic heterocycles. The van der Waals surface area contributed by atoms with E-state index in [-0.39, 0.29) is 30.5 Å². The quantitative estimate of drug-likeness (QED) is 0.394. The summed E-state index contributed by atoms with van der Waals surface area (Å²) in [5, 5.41) is 10.7. The molecule has 2 aliphatic rings. The van der Waals surface area contributed by atoms with Crippen LogP contribution in [-0.4, -0.2) is 42.4 Å². The molecule has 1 fully saturated rings. The van der Waals surface area contributed by atoms with Gasteiger partial charge in [0.25, 0.3) is 0 Å². The van der Waals surface area contributed by atoms with Crippen molar-refractivity contribution < 1.29 is 19.0 Å². The topological polar surface area (TPSA) is 41.9 Å². The molecule has 3 aromatic rings. The predicted molar refractivity (Wildman–Crippen MR) is 138 cm³/mol. The maximum atomic E-state index is 12.7. The summed E-state index contributed by atoms with van der Waals surface area (Å²) in [6, 6.07) is 21.2. The normalized spacial score (nSPS) is 19.0. The van der Waals surface area contributed by atoms with Gasteiger partial charge in [-0.05, 0) is 73.0 Å². The summed E-state index contributed by atoms with van der Waals surface area (Å²) in [6.45, 7) is 6.09. The lowest BCUT2D eigenvalue weighted by Crippen LogP contribution is -2.53. The van der Waals surface area contributed by atoms with Crippen molar-refractivity contribution in [2.75, 3.05) is 26.4 Å². The lowest BCUT2D eigenvalue weighted by molar-refractivity contribution is 0.0265. The zero-order valence-corrected chi connectivity index (χ0v) is 20.6. The van der Waals surface area contributed by atoms with E-state index in [9.17, 15) is 9.50 Å². The molecule has 1 unspecified atom stereocenters. The molecule has 4 nitrogen and oxygen atoms in total. The van der Waals surface area contributed by atoms with Crippen molar-refractivity contribution in [2.24, 2.45) is 5.92 Å². The van der Waals surface area contributed by atoms with E-state index in [1.165, 1.54) is 0 Å². The molecule has 182 valence electrons. The number of allylic oxidation sites excluding steroid dienone is 1. The average Bonchev–Trinajstić information content (AvgIpc) is 2.83. The van der Waals surface area contributed by atoms with E-state index in [1.807, 2.05) is 54.6 Å². The number of hydrogen-bond donors (Lipinski definition) is 1. The number of halogens is 2. The molecule has 6 heteroatoms. The Morgan fingerprint density at radius 3 is 2.49 bits per heavy atom. The summed E-state index contributed by atoms with van der Waals surface area (Å²) in [5.41, 5.74) is 4.97. The summed E-state index contributed by atoms with van der Waals surface area (Å²) in [5.74, 6) is 1.90. The van der Waals surface area contributed by atoms with Crippen LogP contribution in [0.4, 0.5) is 4.39 Å². The molecule has 0 saturated carbocycles. The number of rotatable bonds is 7. The second kappa shape index (κ2) is 9.92. The van der Waals surface area contributed by atoms with Crippen molar-refractivity contribution in [3.63, 3.8) is 0 Å². The fourth-order valence-electron chi connectivity index (χ4n) is 4.80. The van der Waals surface area contributed by atoms with E-state index in [0.717, 1.165) is 52.4 Å². The Labute approximate surface area is 210 Å². The molecule has 1 saturated heterocycles. The third-order valence-corrected chi connectivity index (χ3v) is 7.19. The van der Waals surface area contributed by atoms with Crippen molar-refractivity contribution in [3.05, 3.63) is 88.4 Å². The highest BCUT2D eigenvalue weighted by molar-refractivity contribution is 6.30. The minimum atomic E-state index is -0.320. The van der Waals surface area contributed by atoms with Crippen molar-refractivity contribution in [1.82, 2.24) is 4.90 Å². The number of likely N-dealkylation sites (tertiary alicyclic amines) is 1. The number of phenols is 1. The largest absolute Gasteiger partial charge is 0.508 e. The molecule has 0 spiro atoms. The SMILES string of the molecule is CC1=C(c2ccc(Cl)cc2)C(c2ccc(OC[C@H](C)N3CC(CF)C3)cc2)Oc2ccc(O)cc21. The summed E-state index contributed by atoms with van der Waals surface area (Å²) in [7, 11) is 0. The second-order valence-corrected chi connectivity index (χ2v) is 9.86. The van der Waals surface area contributed by atoms with Crippen LogP contribution in [0.3, 0.4) is 0 Å². The molecular weight excluding hydrogens is 465 g/mol. The van der Waals surface area contributed by atoms with Gasteiger partial charge < -0.3 is 14.6 Å². The van der Waals surface area contributed by atoms with Gasteiger partial charge in [-0.3, -0.25) is 9.29 Å². The number of alkyl halides is 1. The summed E-state index contributed by atoms with van der Waals surface area (Å²) < 4.78 is 25.2. The first-order chi connectivity index (χ1) is 16.9. The van der Waals surface area contributed by atoms with E-state index in [4.69, 9.17) is 21.1 Å². The molecule has 2 heterocycles. The molecule has 3 aromatic carbocycles. The van der Waals surface area contributed by atoms with Crippen LogP contribution in [0.2, 0.25) is 5.02 Å². The Morgan fingerprint density at radius 1 is 1.09 bits per heavy atom. The fourth-order valence-corrected chi connectivity index (χ4v) is 4.93. The average molecular weight is 494 g/mol. The highest BCUT2D eigenvalue weighted by Gasteiger charge is 2.31. The number of hydrogen-bond acceptors (Lipinski definition) is 4. The van der Waals surface area contributed by atoms with E-state index >= 15 is 0 Å². The van der Waals surface area contributed by atoms with Gasteiger partial charge in [0.05, 0.1) is 6.67 Å². The molecular formula is C29H29ClFNO3. The predicted octanol–water partition coefficient (Wildman–Crippen LogP) is 6.78. The first-order valence-electron chi connectivity index (χ1n) is 11.9. The molecule has 2 atom stereocenters. The van der Waals surface area contributed by atoms with E-state index < -0.39 is 0 Å². The van der Waals surface area contributed by atoms with Gasteiger partial charge in [-0.15, -0.1) is 0 Å². The number of aromatic hydroxyl groups is 1. The lowest BCUT2D eigenvalue weighted by atomic mass is 9.86. The third-order valence-electron chi connectivity index (χ3n) is 6.93.